The van der Waals surface area contributed by atoms with Gasteiger partial charge in [0.25, 0.3) is 0 Å². The van der Waals surface area contributed by atoms with Crippen LogP contribution >= 0.6 is 15.9 Å². The highest BCUT2D eigenvalue weighted by Crippen LogP contribution is 2.57. The number of benzene rings is 1. The molecule has 20 heavy (non-hydrogen) atoms. The zero-order valence-corrected chi connectivity index (χ0v) is 11.8. The molecule has 1 aromatic rings. The number of carbonyl (C=O) groups excluding carboxylic acids is 2. The molecule has 0 aromatic heterocycles. The van der Waals surface area contributed by atoms with Gasteiger partial charge in [-0.25, -0.2) is 4.90 Å². The van der Waals surface area contributed by atoms with Gasteiger partial charge in [0, 0.05) is 4.47 Å². The minimum Gasteiger partial charge on any atom is -0.368 e. The molecule has 1 aromatic carbocycles. The van der Waals surface area contributed by atoms with Gasteiger partial charge in [0.15, 0.2) is 0 Å². The van der Waals surface area contributed by atoms with Gasteiger partial charge in [-0.2, -0.15) is 0 Å². The Hall–Kier alpha value is -1.24. The third kappa shape index (κ3) is 1.21. The zero-order valence-electron chi connectivity index (χ0n) is 10.2. The Kier molecular flexibility index (Phi) is 2.00. The van der Waals surface area contributed by atoms with Crippen LogP contribution in [-0.4, -0.2) is 36.2 Å². The molecule has 4 heterocycles. The number of hydrogen-bond donors (Lipinski definition) is 0. The van der Waals surface area contributed by atoms with Crippen LogP contribution in [0.15, 0.2) is 28.7 Å². The Bertz CT molecular complexity index is 613. The highest BCUT2D eigenvalue weighted by molar-refractivity contribution is 9.10. The molecular weight excluding hydrogens is 326 g/mol. The van der Waals surface area contributed by atoms with Crippen molar-refractivity contribution in [3.8, 4) is 0 Å². The molecule has 102 valence electrons. The van der Waals surface area contributed by atoms with Crippen LogP contribution in [0.3, 0.4) is 0 Å². The maximum Gasteiger partial charge on any atom is 0.240 e. The van der Waals surface area contributed by atoms with E-state index in [0.717, 1.165) is 4.47 Å². The van der Waals surface area contributed by atoms with E-state index in [1.807, 2.05) is 12.1 Å². The van der Waals surface area contributed by atoms with E-state index in [4.69, 9.17) is 9.47 Å². The second-order valence-electron chi connectivity index (χ2n) is 5.67. The van der Waals surface area contributed by atoms with E-state index in [0.29, 0.717) is 5.69 Å². The van der Waals surface area contributed by atoms with E-state index in [-0.39, 0.29) is 48.1 Å². The lowest BCUT2D eigenvalue weighted by molar-refractivity contribution is -0.126. The summed E-state index contributed by atoms with van der Waals surface area (Å²) in [6.07, 6.45) is -0.399. The van der Waals surface area contributed by atoms with Crippen LogP contribution in [0.25, 0.3) is 0 Å². The summed E-state index contributed by atoms with van der Waals surface area (Å²) in [4.78, 5) is 26.5. The molecule has 4 aliphatic rings. The first-order chi connectivity index (χ1) is 9.66. The molecule has 2 bridgehead atoms. The molecular formula is C14H10BrNO4. The highest BCUT2D eigenvalue weighted by Gasteiger charge is 2.75. The predicted octanol–water partition coefficient (Wildman–Crippen LogP) is 1.10. The SMILES string of the molecule is O=C1C2C3OC(C4OC43)C2C(=O)N1c1ccc(Br)cc1. The lowest BCUT2D eigenvalue weighted by Crippen LogP contribution is -2.35. The Morgan fingerprint density at radius 1 is 0.850 bits per heavy atom. The second-order valence-corrected chi connectivity index (χ2v) is 6.59. The van der Waals surface area contributed by atoms with Crippen molar-refractivity contribution in [1.29, 1.82) is 0 Å². The van der Waals surface area contributed by atoms with Crippen LogP contribution in [-0.2, 0) is 19.1 Å². The Labute approximate surface area is 123 Å². The van der Waals surface area contributed by atoms with E-state index < -0.39 is 0 Å². The molecule has 6 atom stereocenters. The van der Waals surface area contributed by atoms with Crippen molar-refractivity contribution in [2.24, 2.45) is 11.8 Å². The van der Waals surface area contributed by atoms with Crippen molar-refractivity contribution in [3.63, 3.8) is 0 Å². The first-order valence-electron chi connectivity index (χ1n) is 6.61. The number of halogens is 1. The molecule has 6 unspecified atom stereocenters. The van der Waals surface area contributed by atoms with Crippen LogP contribution < -0.4 is 4.90 Å². The topological polar surface area (TPSA) is 59.1 Å². The third-order valence-corrected chi connectivity index (χ3v) is 5.24. The van der Waals surface area contributed by atoms with Gasteiger partial charge in [-0.05, 0) is 24.3 Å². The highest BCUT2D eigenvalue weighted by atomic mass is 79.9. The van der Waals surface area contributed by atoms with Crippen molar-refractivity contribution in [2.45, 2.75) is 24.4 Å². The number of anilines is 1. The lowest BCUT2D eigenvalue weighted by Gasteiger charge is -2.18. The fourth-order valence-corrected chi connectivity index (χ4v) is 4.09. The van der Waals surface area contributed by atoms with Crippen molar-refractivity contribution in [2.75, 3.05) is 4.90 Å². The molecule has 5 rings (SSSR count). The number of ether oxygens (including phenoxy) is 2. The van der Waals surface area contributed by atoms with E-state index in [9.17, 15) is 9.59 Å². The molecule has 0 radical (unpaired) electrons. The molecule has 0 N–H and O–H groups in total. The third-order valence-electron chi connectivity index (χ3n) is 4.71. The minimum atomic E-state index is -0.361. The normalized spacial score (nSPS) is 44.0. The Morgan fingerprint density at radius 2 is 1.35 bits per heavy atom. The van der Waals surface area contributed by atoms with E-state index >= 15 is 0 Å². The van der Waals surface area contributed by atoms with Crippen molar-refractivity contribution >= 4 is 33.4 Å². The summed E-state index contributed by atoms with van der Waals surface area (Å²) in [5, 5.41) is 0. The lowest BCUT2D eigenvalue weighted by atomic mass is 9.81. The summed E-state index contributed by atoms with van der Waals surface area (Å²) in [5.74, 6) is -1.02. The summed E-state index contributed by atoms with van der Waals surface area (Å²) < 4.78 is 12.1. The second kappa shape index (κ2) is 3.50. The van der Waals surface area contributed by atoms with Crippen LogP contribution in [0.1, 0.15) is 0 Å². The monoisotopic (exact) mass is 335 g/mol. The van der Waals surface area contributed by atoms with Crippen LogP contribution in [0, 0.1) is 11.8 Å². The number of imide groups is 1. The molecule has 0 saturated carbocycles. The number of fused-ring (bicyclic) bond motifs is 8. The van der Waals surface area contributed by atoms with Gasteiger partial charge < -0.3 is 9.47 Å². The fraction of sp³-hybridized carbons (Fsp3) is 0.429. The maximum absolute atomic E-state index is 12.6. The molecule has 4 saturated heterocycles. The number of rotatable bonds is 1. The van der Waals surface area contributed by atoms with Gasteiger partial charge in [0.2, 0.25) is 11.8 Å². The quantitative estimate of drug-likeness (QED) is 0.569. The van der Waals surface area contributed by atoms with Gasteiger partial charge >= 0.3 is 0 Å². The molecule has 5 nitrogen and oxygen atoms in total. The van der Waals surface area contributed by atoms with Crippen LogP contribution in [0.4, 0.5) is 5.69 Å². The first kappa shape index (κ1) is 11.4. The average molecular weight is 336 g/mol. The largest absolute Gasteiger partial charge is 0.368 e. The van der Waals surface area contributed by atoms with Crippen molar-refractivity contribution in [1.82, 2.24) is 0 Å². The number of carbonyl (C=O) groups is 2. The van der Waals surface area contributed by atoms with Gasteiger partial charge in [-0.15, -0.1) is 0 Å². The molecule has 0 spiro atoms. The molecule has 4 fully saturated rings. The Morgan fingerprint density at radius 3 is 1.90 bits per heavy atom. The summed E-state index contributed by atoms with van der Waals surface area (Å²) >= 11 is 3.35. The zero-order chi connectivity index (χ0) is 13.6. The standard InChI is InChI=1S/C14H10BrNO4/c15-5-1-3-6(4-2-5)16-13(17)7-8(14(16)18)10-12-11(20-12)9(7)19-10/h1-4,7-12H. The predicted molar refractivity (Wildman–Crippen MR) is 70.9 cm³/mol. The minimum absolute atomic E-state index is 0.0304. The summed E-state index contributed by atoms with van der Waals surface area (Å²) in [7, 11) is 0. The molecule has 2 amide bonds. The first-order valence-corrected chi connectivity index (χ1v) is 7.40. The van der Waals surface area contributed by atoms with Crippen LogP contribution in [0.2, 0.25) is 0 Å². The van der Waals surface area contributed by atoms with Crippen molar-refractivity contribution in [3.05, 3.63) is 28.7 Å². The van der Waals surface area contributed by atoms with Gasteiger partial charge in [0.1, 0.15) is 12.2 Å². The fourth-order valence-electron chi connectivity index (χ4n) is 3.83. The number of amides is 2. The number of hydrogen-bond acceptors (Lipinski definition) is 4. The maximum atomic E-state index is 12.6. The summed E-state index contributed by atoms with van der Waals surface area (Å²) in [5.41, 5.74) is 0.631. The van der Waals surface area contributed by atoms with E-state index in [1.165, 1.54) is 4.90 Å². The van der Waals surface area contributed by atoms with Crippen molar-refractivity contribution < 1.29 is 19.1 Å². The summed E-state index contributed by atoms with van der Waals surface area (Å²) in [6, 6.07) is 7.22. The molecule has 6 heteroatoms. The van der Waals surface area contributed by atoms with E-state index in [1.54, 1.807) is 12.1 Å². The van der Waals surface area contributed by atoms with Gasteiger partial charge in [0.05, 0.1) is 29.7 Å². The van der Waals surface area contributed by atoms with E-state index in [2.05, 4.69) is 15.9 Å². The van der Waals surface area contributed by atoms with Gasteiger partial charge in [-0.1, -0.05) is 15.9 Å². The summed E-state index contributed by atoms with van der Waals surface area (Å²) in [6.45, 7) is 0. The van der Waals surface area contributed by atoms with Crippen LogP contribution in [0.5, 0.6) is 0 Å². The molecule has 4 aliphatic heterocycles. The number of nitrogens with zero attached hydrogens (tertiary/aromatic N) is 1. The van der Waals surface area contributed by atoms with Gasteiger partial charge in [-0.3, -0.25) is 9.59 Å². The smallest absolute Gasteiger partial charge is 0.240 e. The number of epoxide rings is 1. The Balaban J connectivity index is 1.56. The molecule has 0 aliphatic carbocycles. The average Bonchev–Trinajstić information content (AvgIpc) is 2.96.